The van der Waals surface area contributed by atoms with Crippen molar-refractivity contribution in [1.29, 1.82) is 0 Å². The lowest BCUT2D eigenvalue weighted by Crippen LogP contribution is -2.47. The maximum Gasteiger partial charge on any atom is 0.303 e. The van der Waals surface area contributed by atoms with Gasteiger partial charge in [0.25, 0.3) is 5.91 Å². The van der Waals surface area contributed by atoms with Gasteiger partial charge in [0.1, 0.15) is 5.84 Å². The summed E-state index contributed by atoms with van der Waals surface area (Å²) in [6, 6.07) is 25.6. The first-order valence-corrected chi connectivity index (χ1v) is 14.5. The van der Waals surface area contributed by atoms with Crippen molar-refractivity contribution >= 4 is 35.0 Å². The smallest absolute Gasteiger partial charge is 0.303 e. The molecule has 0 atom stereocenters. The van der Waals surface area contributed by atoms with Crippen LogP contribution in [0.4, 0.5) is 5.69 Å². The van der Waals surface area contributed by atoms with E-state index >= 15 is 0 Å². The van der Waals surface area contributed by atoms with Crippen molar-refractivity contribution in [2.45, 2.75) is 40.7 Å². The highest BCUT2D eigenvalue weighted by molar-refractivity contribution is 6.30. The molecule has 0 aliphatic carbocycles. The van der Waals surface area contributed by atoms with E-state index < -0.39 is 5.97 Å². The van der Waals surface area contributed by atoms with E-state index in [-0.39, 0.29) is 12.3 Å². The predicted octanol–water partition coefficient (Wildman–Crippen LogP) is 7.16. The molecule has 0 radical (unpaired) electrons. The molecule has 1 heterocycles. The molecule has 4 rings (SSSR count). The number of carbonyl (C=O) groups is 2. The lowest BCUT2D eigenvalue weighted by atomic mass is 10.1. The van der Waals surface area contributed by atoms with E-state index in [1.54, 1.807) is 37.1 Å². The molecule has 3 aromatic carbocycles. The highest BCUT2D eigenvalue weighted by atomic mass is 35.5. The number of piperazine rings is 1. The van der Waals surface area contributed by atoms with Gasteiger partial charge in [0.05, 0.1) is 0 Å². The van der Waals surface area contributed by atoms with Crippen molar-refractivity contribution in [2.75, 3.05) is 38.1 Å². The zero-order valence-electron chi connectivity index (χ0n) is 25.3. The van der Waals surface area contributed by atoms with Crippen LogP contribution in [-0.2, 0) is 11.3 Å². The Kier molecular flexibility index (Phi) is 15.1. The molecule has 224 valence electrons. The van der Waals surface area contributed by atoms with Crippen LogP contribution in [0.15, 0.2) is 96.1 Å². The number of aryl methyl sites for hydroxylation is 1. The fourth-order valence-corrected chi connectivity index (χ4v) is 4.38. The van der Waals surface area contributed by atoms with Gasteiger partial charge in [-0.15, -0.1) is 0 Å². The number of carboxylic acids is 1. The van der Waals surface area contributed by atoms with Crippen LogP contribution in [0.1, 0.15) is 48.7 Å². The summed E-state index contributed by atoms with van der Waals surface area (Å²) in [6.45, 7) is 13.0. The van der Waals surface area contributed by atoms with Crippen molar-refractivity contribution < 1.29 is 14.7 Å². The van der Waals surface area contributed by atoms with E-state index in [0.717, 1.165) is 49.8 Å². The number of amidine groups is 1. The van der Waals surface area contributed by atoms with Crippen LogP contribution in [0, 0.1) is 6.92 Å². The van der Waals surface area contributed by atoms with E-state index in [1.807, 2.05) is 56.5 Å². The molecular weight excluding hydrogens is 548 g/mol. The number of allylic oxidation sites excluding steroid dienone is 1. The third kappa shape index (κ3) is 11.9. The summed E-state index contributed by atoms with van der Waals surface area (Å²) in [6.07, 6.45) is 4.06. The number of aliphatic imine (C=N–C) groups is 1. The Balaban J connectivity index is 0.000000254. The van der Waals surface area contributed by atoms with Gasteiger partial charge in [0.2, 0.25) is 0 Å². The first-order valence-electron chi connectivity index (χ1n) is 14.1. The zero-order valence-corrected chi connectivity index (χ0v) is 26.1. The number of para-hydroxylation sites is 1. The Hall–Kier alpha value is -3.94. The maximum absolute atomic E-state index is 12.4. The minimum Gasteiger partial charge on any atom is -0.481 e. The molecule has 1 aliphatic heterocycles. The molecule has 1 aliphatic rings. The number of halogens is 1. The quantitative estimate of drug-likeness (QED) is 0.243. The number of amides is 1. The molecule has 1 fully saturated rings. The zero-order chi connectivity index (χ0) is 30.9. The molecule has 3 aromatic rings. The number of nitrogens with zero attached hydrogens (tertiary/aromatic N) is 4. The Labute approximate surface area is 255 Å². The monoisotopic (exact) mass is 590 g/mol. The highest BCUT2D eigenvalue weighted by Crippen LogP contribution is 2.20. The molecule has 0 aromatic heterocycles. The highest BCUT2D eigenvalue weighted by Gasteiger charge is 2.17. The Morgan fingerprint density at radius 1 is 0.976 bits per heavy atom. The van der Waals surface area contributed by atoms with Crippen LogP contribution in [0.25, 0.3) is 0 Å². The first kappa shape index (κ1) is 34.3. The molecule has 0 bridgehead atoms. The molecule has 1 saturated heterocycles. The Morgan fingerprint density at radius 2 is 1.55 bits per heavy atom. The van der Waals surface area contributed by atoms with Crippen molar-refractivity contribution in [3.63, 3.8) is 0 Å². The van der Waals surface area contributed by atoms with Gasteiger partial charge in [0.15, 0.2) is 0 Å². The van der Waals surface area contributed by atoms with Gasteiger partial charge in [-0.25, -0.2) is 4.99 Å². The number of anilines is 1. The normalized spacial score (nSPS) is 13.5. The molecule has 8 heteroatoms. The summed E-state index contributed by atoms with van der Waals surface area (Å²) in [7, 11) is 1.77. The van der Waals surface area contributed by atoms with Crippen molar-refractivity contribution in [2.24, 2.45) is 4.99 Å². The average molecular weight is 591 g/mol. The van der Waals surface area contributed by atoms with Crippen LogP contribution in [0.3, 0.4) is 0 Å². The van der Waals surface area contributed by atoms with Crippen LogP contribution in [0.5, 0.6) is 0 Å². The molecule has 0 unspecified atom stereocenters. The van der Waals surface area contributed by atoms with E-state index in [1.165, 1.54) is 5.56 Å². The summed E-state index contributed by atoms with van der Waals surface area (Å²) in [5.41, 5.74) is 3.83. The molecule has 0 saturated carbocycles. The first-order chi connectivity index (χ1) is 20.2. The van der Waals surface area contributed by atoms with E-state index in [2.05, 4.69) is 52.0 Å². The maximum atomic E-state index is 12.4. The summed E-state index contributed by atoms with van der Waals surface area (Å²) in [5, 5.41) is 8.37. The largest absolute Gasteiger partial charge is 0.481 e. The second kappa shape index (κ2) is 18.5. The van der Waals surface area contributed by atoms with Crippen molar-refractivity contribution in [1.82, 2.24) is 9.80 Å². The lowest BCUT2D eigenvalue weighted by molar-refractivity contribution is -0.136. The van der Waals surface area contributed by atoms with Gasteiger partial charge in [-0.05, 0) is 62.2 Å². The van der Waals surface area contributed by atoms with E-state index in [4.69, 9.17) is 16.7 Å². The summed E-state index contributed by atoms with van der Waals surface area (Å²) < 4.78 is 0. The van der Waals surface area contributed by atoms with Gasteiger partial charge in [-0.2, -0.15) is 0 Å². The van der Waals surface area contributed by atoms with E-state index in [9.17, 15) is 9.59 Å². The summed E-state index contributed by atoms with van der Waals surface area (Å²) in [4.78, 5) is 32.7. The fourth-order valence-electron chi connectivity index (χ4n) is 4.15. The Bertz CT molecular complexity index is 1300. The standard InChI is InChI=1S/C16H23N3.C15H14ClNO.C3H6O2/c1-3-9-17-15(2)19-12-10-18(11-13-19)14-16-7-5-4-6-8-16;1-11-10-12(16)8-9-14(11)15(18)17(2)13-6-4-3-5-7-13;1-2-3(4)5/h3-9H,10-14H2,1-2H3;3-10H,1-2H3;2H2,1H3,(H,4,5)/b9-3-,17-15?;;. The van der Waals surface area contributed by atoms with Crippen LogP contribution in [-0.4, -0.2) is 65.8 Å². The third-order valence-electron chi connectivity index (χ3n) is 6.66. The van der Waals surface area contributed by atoms with Crippen LogP contribution >= 0.6 is 11.6 Å². The number of hydrogen-bond acceptors (Lipinski definition) is 4. The van der Waals surface area contributed by atoms with Gasteiger partial charge in [-0.1, -0.05) is 73.1 Å². The number of carbonyl (C=O) groups excluding carboxylic acids is 1. The minimum atomic E-state index is -0.745. The van der Waals surface area contributed by atoms with Crippen molar-refractivity contribution in [3.8, 4) is 0 Å². The average Bonchev–Trinajstić information content (AvgIpc) is 3.01. The third-order valence-corrected chi connectivity index (χ3v) is 6.89. The molecule has 1 amide bonds. The molecule has 42 heavy (non-hydrogen) atoms. The number of carboxylic acid groups (broad SMARTS) is 1. The van der Waals surface area contributed by atoms with E-state index in [0.29, 0.717) is 10.6 Å². The van der Waals surface area contributed by atoms with Gasteiger partial charge < -0.3 is 14.9 Å². The minimum absolute atomic E-state index is 0.0321. The van der Waals surface area contributed by atoms with Gasteiger partial charge >= 0.3 is 5.97 Å². The van der Waals surface area contributed by atoms with Crippen LogP contribution < -0.4 is 4.90 Å². The van der Waals surface area contributed by atoms with Gasteiger partial charge in [-0.3, -0.25) is 14.5 Å². The topological polar surface area (TPSA) is 76.5 Å². The summed E-state index contributed by atoms with van der Waals surface area (Å²) in [5.74, 6) is 0.345. The van der Waals surface area contributed by atoms with Gasteiger partial charge in [0, 0.05) is 68.7 Å². The number of hydrogen-bond donors (Lipinski definition) is 1. The van der Waals surface area contributed by atoms with Crippen molar-refractivity contribution in [3.05, 3.63) is 113 Å². The second-order valence-electron chi connectivity index (χ2n) is 9.81. The number of rotatable bonds is 6. The Morgan fingerprint density at radius 3 is 2.07 bits per heavy atom. The fraction of sp³-hybridized carbons (Fsp3) is 0.324. The predicted molar refractivity (Wildman–Crippen MR) is 175 cm³/mol. The summed E-state index contributed by atoms with van der Waals surface area (Å²) >= 11 is 5.89. The molecule has 1 N–H and O–H groups in total. The number of benzene rings is 3. The SMILES string of the molecule is C/C=C\N=C(C)N1CCN(Cc2ccccc2)CC1.CCC(=O)O.Cc1cc(Cl)ccc1C(=O)N(C)c1ccccc1. The number of aliphatic carboxylic acids is 1. The lowest BCUT2D eigenvalue weighted by Gasteiger charge is -2.35. The van der Waals surface area contributed by atoms with Crippen LogP contribution in [0.2, 0.25) is 5.02 Å². The molecule has 0 spiro atoms. The molecular formula is C34H43ClN4O3. The molecule has 7 nitrogen and oxygen atoms in total. The second-order valence-corrected chi connectivity index (χ2v) is 10.3.